The Morgan fingerprint density at radius 2 is 1.28 bits per heavy atom. The molecule has 0 fully saturated rings. The van der Waals surface area contributed by atoms with E-state index >= 15 is 0 Å². The van der Waals surface area contributed by atoms with E-state index in [1.54, 1.807) is 26.2 Å². The van der Waals surface area contributed by atoms with Crippen molar-refractivity contribution in [3.05, 3.63) is 83.9 Å². The zero-order chi connectivity index (χ0) is 25.5. The van der Waals surface area contributed by atoms with Crippen LogP contribution in [0.1, 0.15) is 18.1 Å². The average molecular weight is 484 g/mol. The first kappa shape index (κ1) is 24.5. The molecule has 36 heavy (non-hydrogen) atoms. The maximum absolute atomic E-state index is 12.8. The van der Waals surface area contributed by atoms with Gasteiger partial charge in [-0.3, -0.25) is 4.79 Å². The molecular formula is C27H29N7O2. The van der Waals surface area contributed by atoms with Crippen LogP contribution in [0.3, 0.4) is 0 Å². The molecular weight excluding hydrogens is 454 g/mol. The molecule has 1 heterocycles. The highest BCUT2D eigenvalue weighted by Gasteiger charge is 2.16. The molecule has 9 heteroatoms. The molecule has 0 radical (unpaired) electrons. The Morgan fingerprint density at radius 3 is 1.81 bits per heavy atom. The van der Waals surface area contributed by atoms with Crippen LogP contribution >= 0.6 is 0 Å². The van der Waals surface area contributed by atoms with Gasteiger partial charge in [-0.15, -0.1) is 0 Å². The highest BCUT2D eigenvalue weighted by Crippen LogP contribution is 2.21. The summed E-state index contributed by atoms with van der Waals surface area (Å²) < 4.78 is 5.22. The minimum Gasteiger partial charge on any atom is -0.497 e. The summed E-state index contributed by atoms with van der Waals surface area (Å²) in [5.74, 6) is 1.34. The second kappa shape index (κ2) is 11.2. The number of ether oxygens (including phenoxy) is 1. The van der Waals surface area contributed by atoms with Crippen LogP contribution in [0.2, 0.25) is 0 Å². The first-order valence-corrected chi connectivity index (χ1v) is 11.5. The minimum atomic E-state index is -0.627. The number of nitrogens with one attached hydrogen (secondary N) is 4. The fourth-order valence-corrected chi connectivity index (χ4v) is 3.29. The first-order chi connectivity index (χ1) is 17.4. The molecule has 0 spiro atoms. The topological polar surface area (TPSA) is 113 Å². The molecule has 4 aromatic rings. The van der Waals surface area contributed by atoms with Gasteiger partial charge in [0.15, 0.2) is 0 Å². The molecule has 0 aliphatic heterocycles. The molecule has 0 saturated heterocycles. The van der Waals surface area contributed by atoms with E-state index < -0.39 is 6.04 Å². The predicted molar refractivity (Wildman–Crippen MR) is 143 cm³/mol. The number of carbonyl (C=O) groups is 1. The van der Waals surface area contributed by atoms with Gasteiger partial charge < -0.3 is 26.0 Å². The molecule has 4 rings (SSSR count). The van der Waals surface area contributed by atoms with Gasteiger partial charge in [0.2, 0.25) is 23.8 Å². The highest BCUT2D eigenvalue weighted by atomic mass is 16.5. The van der Waals surface area contributed by atoms with Crippen LogP contribution in [0.15, 0.2) is 72.8 Å². The van der Waals surface area contributed by atoms with Crippen molar-refractivity contribution in [3.63, 3.8) is 0 Å². The van der Waals surface area contributed by atoms with Crippen molar-refractivity contribution in [3.8, 4) is 5.75 Å². The van der Waals surface area contributed by atoms with Gasteiger partial charge >= 0.3 is 0 Å². The van der Waals surface area contributed by atoms with Crippen molar-refractivity contribution in [1.29, 1.82) is 0 Å². The lowest BCUT2D eigenvalue weighted by atomic mass is 10.2. The van der Waals surface area contributed by atoms with Crippen LogP contribution in [0.4, 0.5) is 34.9 Å². The summed E-state index contributed by atoms with van der Waals surface area (Å²) >= 11 is 0. The summed E-state index contributed by atoms with van der Waals surface area (Å²) in [5, 5.41) is 12.4. The third-order valence-electron chi connectivity index (χ3n) is 5.33. The van der Waals surface area contributed by atoms with E-state index in [4.69, 9.17) is 4.74 Å². The van der Waals surface area contributed by atoms with E-state index in [0.29, 0.717) is 23.3 Å². The number of amides is 1. The number of benzene rings is 3. The Balaban J connectivity index is 1.54. The molecule has 0 unspecified atom stereocenters. The van der Waals surface area contributed by atoms with Gasteiger partial charge in [-0.05, 0) is 57.2 Å². The molecule has 0 bridgehead atoms. The summed E-state index contributed by atoms with van der Waals surface area (Å²) in [7, 11) is 1.58. The standard InChI is InChI=1S/C27H29N7O2/c1-17-8-12-20(13-9-17)30-26-32-25(33-27(34-26)31-21-14-10-18(2)11-15-21)28-19(3)24(35)29-22-6-5-7-23(16-22)36-4/h5-16,19H,1-4H3,(H,29,35)(H3,28,30,31,32,33,34)/t19-/m0/s1. The van der Waals surface area contributed by atoms with E-state index in [9.17, 15) is 4.79 Å². The number of nitrogens with zero attached hydrogens (tertiary/aromatic N) is 3. The summed E-state index contributed by atoms with van der Waals surface area (Å²) in [4.78, 5) is 26.3. The largest absolute Gasteiger partial charge is 0.497 e. The van der Waals surface area contributed by atoms with Gasteiger partial charge in [-0.2, -0.15) is 15.0 Å². The molecule has 0 aliphatic rings. The van der Waals surface area contributed by atoms with Crippen molar-refractivity contribution in [2.45, 2.75) is 26.8 Å². The van der Waals surface area contributed by atoms with Crippen molar-refractivity contribution in [1.82, 2.24) is 15.0 Å². The zero-order valence-electron chi connectivity index (χ0n) is 20.7. The maximum Gasteiger partial charge on any atom is 0.246 e. The van der Waals surface area contributed by atoms with E-state index in [-0.39, 0.29) is 11.9 Å². The predicted octanol–water partition coefficient (Wildman–Crippen LogP) is 5.42. The molecule has 184 valence electrons. The zero-order valence-corrected chi connectivity index (χ0v) is 20.7. The van der Waals surface area contributed by atoms with Gasteiger partial charge in [0.25, 0.3) is 0 Å². The Bertz CT molecular complexity index is 1260. The van der Waals surface area contributed by atoms with Crippen LogP contribution in [-0.4, -0.2) is 34.0 Å². The van der Waals surface area contributed by atoms with Crippen molar-refractivity contribution in [2.24, 2.45) is 0 Å². The van der Waals surface area contributed by atoms with Gasteiger partial charge in [-0.25, -0.2) is 0 Å². The Hall–Kier alpha value is -4.66. The minimum absolute atomic E-state index is 0.246. The molecule has 9 nitrogen and oxygen atoms in total. The summed E-state index contributed by atoms with van der Waals surface area (Å²) in [6, 6.07) is 22.3. The quantitative estimate of drug-likeness (QED) is 0.249. The lowest BCUT2D eigenvalue weighted by Crippen LogP contribution is -2.32. The van der Waals surface area contributed by atoms with Gasteiger partial charge in [0, 0.05) is 23.1 Å². The third kappa shape index (κ3) is 6.69. The van der Waals surface area contributed by atoms with Gasteiger partial charge in [0.05, 0.1) is 7.11 Å². The number of hydrogen-bond acceptors (Lipinski definition) is 8. The first-order valence-electron chi connectivity index (χ1n) is 11.5. The number of aromatic nitrogens is 3. The second-order valence-electron chi connectivity index (χ2n) is 8.38. The van der Waals surface area contributed by atoms with E-state index in [1.165, 1.54) is 0 Å². The Labute approximate surface area is 210 Å². The fourth-order valence-electron chi connectivity index (χ4n) is 3.29. The lowest BCUT2D eigenvalue weighted by molar-refractivity contribution is -0.116. The molecule has 1 aromatic heterocycles. The summed E-state index contributed by atoms with van der Waals surface area (Å²) in [6.07, 6.45) is 0. The highest BCUT2D eigenvalue weighted by molar-refractivity contribution is 5.96. The third-order valence-corrected chi connectivity index (χ3v) is 5.33. The van der Waals surface area contributed by atoms with E-state index in [2.05, 4.69) is 36.2 Å². The average Bonchev–Trinajstić information content (AvgIpc) is 2.87. The second-order valence-corrected chi connectivity index (χ2v) is 8.38. The number of rotatable bonds is 9. The van der Waals surface area contributed by atoms with Crippen molar-refractivity contribution < 1.29 is 9.53 Å². The normalized spacial score (nSPS) is 11.3. The number of hydrogen-bond donors (Lipinski definition) is 4. The summed E-state index contributed by atoms with van der Waals surface area (Å²) in [6.45, 7) is 5.78. The number of aryl methyl sites for hydroxylation is 2. The van der Waals surface area contributed by atoms with Crippen LogP contribution < -0.4 is 26.0 Å². The van der Waals surface area contributed by atoms with Crippen LogP contribution in [-0.2, 0) is 4.79 Å². The van der Waals surface area contributed by atoms with Crippen molar-refractivity contribution >= 4 is 40.8 Å². The molecule has 0 aliphatic carbocycles. The molecule has 3 aromatic carbocycles. The van der Waals surface area contributed by atoms with Crippen molar-refractivity contribution in [2.75, 3.05) is 28.4 Å². The van der Waals surface area contributed by atoms with Crippen LogP contribution in [0, 0.1) is 13.8 Å². The van der Waals surface area contributed by atoms with Crippen LogP contribution in [0.25, 0.3) is 0 Å². The van der Waals surface area contributed by atoms with E-state index in [1.807, 2.05) is 74.5 Å². The summed E-state index contributed by atoms with van der Waals surface area (Å²) in [5.41, 5.74) is 4.60. The smallest absolute Gasteiger partial charge is 0.246 e. The number of methoxy groups -OCH3 is 1. The molecule has 1 amide bonds. The number of anilines is 6. The van der Waals surface area contributed by atoms with Gasteiger partial charge in [-0.1, -0.05) is 41.5 Å². The van der Waals surface area contributed by atoms with Crippen LogP contribution in [0.5, 0.6) is 5.75 Å². The monoisotopic (exact) mass is 483 g/mol. The Morgan fingerprint density at radius 1 is 0.750 bits per heavy atom. The van der Waals surface area contributed by atoms with Gasteiger partial charge in [0.1, 0.15) is 11.8 Å². The maximum atomic E-state index is 12.8. The Kier molecular flexibility index (Phi) is 7.60. The molecule has 0 saturated carbocycles. The fraction of sp³-hybridized carbons (Fsp3) is 0.185. The van der Waals surface area contributed by atoms with E-state index in [0.717, 1.165) is 22.5 Å². The molecule has 4 N–H and O–H groups in total. The molecule has 1 atom stereocenters. The lowest BCUT2D eigenvalue weighted by Gasteiger charge is -2.16. The SMILES string of the molecule is COc1cccc(NC(=O)[C@H](C)Nc2nc(Nc3ccc(C)cc3)nc(Nc3ccc(C)cc3)n2)c1. The number of carbonyl (C=O) groups excluding carboxylic acids is 1.